The van der Waals surface area contributed by atoms with Gasteiger partial charge in [0.05, 0.1) is 12.0 Å². The fraction of sp³-hybridized carbons (Fsp3) is 0.130. The average molecular weight is 413 g/mol. The molecule has 4 nitrogen and oxygen atoms in total. The molecular weight excluding hydrogens is 395 g/mol. The number of nitrogens with zero attached hydrogens (tertiary/aromatic N) is 1. The molecular formula is C23H18F3NO3. The first-order valence-electron chi connectivity index (χ1n) is 9.04. The summed E-state index contributed by atoms with van der Waals surface area (Å²) in [5.41, 5.74) is 2.17. The fourth-order valence-electron chi connectivity index (χ4n) is 2.79. The van der Waals surface area contributed by atoms with Crippen LogP contribution in [-0.2, 0) is 17.4 Å². The second kappa shape index (κ2) is 9.26. The molecule has 0 amide bonds. The van der Waals surface area contributed by atoms with Gasteiger partial charge in [0.15, 0.2) is 0 Å². The van der Waals surface area contributed by atoms with Crippen molar-refractivity contribution in [2.45, 2.75) is 12.6 Å². The number of alkyl halides is 3. The number of carboxylic acids is 1. The van der Waals surface area contributed by atoms with Crippen molar-refractivity contribution in [3.05, 3.63) is 89.8 Å². The Hall–Kier alpha value is -3.61. The predicted molar refractivity (Wildman–Crippen MR) is 107 cm³/mol. The Kier molecular flexibility index (Phi) is 6.51. The van der Waals surface area contributed by atoms with E-state index in [1.807, 2.05) is 18.2 Å². The van der Waals surface area contributed by atoms with Crippen LogP contribution in [0.3, 0.4) is 0 Å². The number of rotatable bonds is 7. The number of benzene rings is 2. The standard InChI is InChI=1S/C23H18F3NO3/c24-23(25,26)20-8-6-16(7-9-20)3-2-10-30-21-5-1-4-18(13-21)19-11-17(12-22(28)29)14-27-15-19/h1-9,11,13-15H,10,12H2,(H,28,29). The molecule has 154 valence electrons. The van der Waals surface area contributed by atoms with Crippen molar-refractivity contribution in [1.29, 1.82) is 0 Å². The molecule has 0 aliphatic rings. The van der Waals surface area contributed by atoms with Crippen molar-refractivity contribution in [1.82, 2.24) is 4.98 Å². The first-order chi connectivity index (χ1) is 14.3. The lowest BCUT2D eigenvalue weighted by molar-refractivity contribution is -0.138. The zero-order chi connectivity index (χ0) is 21.6. The van der Waals surface area contributed by atoms with Crippen LogP contribution >= 0.6 is 0 Å². The van der Waals surface area contributed by atoms with Gasteiger partial charge in [-0.15, -0.1) is 0 Å². The molecule has 0 fully saturated rings. The number of aliphatic carboxylic acids is 1. The van der Waals surface area contributed by atoms with Crippen molar-refractivity contribution >= 4 is 12.0 Å². The quantitative estimate of drug-likeness (QED) is 0.557. The Morgan fingerprint density at radius 2 is 1.80 bits per heavy atom. The van der Waals surface area contributed by atoms with Crippen LogP contribution in [0.2, 0.25) is 0 Å². The summed E-state index contributed by atoms with van der Waals surface area (Å²) in [6, 6.07) is 13.9. The van der Waals surface area contributed by atoms with Crippen LogP contribution in [0.5, 0.6) is 5.75 Å². The SMILES string of the molecule is O=C(O)Cc1cncc(-c2cccc(OCC=Cc3ccc(C(F)(F)F)cc3)c2)c1. The highest BCUT2D eigenvalue weighted by Crippen LogP contribution is 2.29. The number of ether oxygens (including phenoxy) is 1. The van der Waals surface area contributed by atoms with Crippen LogP contribution in [-0.4, -0.2) is 22.7 Å². The fourth-order valence-corrected chi connectivity index (χ4v) is 2.79. The second-order valence-electron chi connectivity index (χ2n) is 6.51. The highest BCUT2D eigenvalue weighted by atomic mass is 19.4. The molecule has 3 rings (SSSR count). The van der Waals surface area contributed by atoms with Crippen molar-refractivity contribution in [2.24, 2.45) is 0 Å². The molecule has 0 saturated carbocycles. The number of aromatic nitrogens is 1. The van der Waals surface area contributed by atoms with Gasteiger partial charge >= 0.3 is 12.1 Å². The highest BCUT2D eigenvalue weighted by Gasteiger charge is 2.29. The monoisotopic (exact) mass is 413 g/mol. The summed E-state index contributed by atoms with van der Waals surface area (Å²) in [7, 11) is 0. The average Bonchev–Trinajstić information content (AvgIpc) is 2.71. The first-order valence-corrected chi connectivity index (χ1v) is 9.04. The predicted octanol–water partition coefficient (Wildman–Crippen LogP) is 5.49. The highest BCUT2D eigenvalue weighted by molar-refractivity contribution is 5.72. The Balaban J connectivity index is 1.62. The van der Waals surface area contributed by atoms with Crippen molar-refractivity contribution < 1.29 is 27.8 Å². The molecule has 0 atom stereocenters. The molecule has 0 spiro atoms. The summed E-state index contributed by atoms with van der Waals surface area (Å²) < 4.78 is 43.4. The van der Waals surface area contributed by atoms with E-state index < -0.39 is 17.7 Å². The first kappa shape index (κ1) is 21.1. The Morgan fingerprint density at radius 1 is 1.03 bits per heavy atom. The Morgan fingerprint density at radius 3 is 2.50 bits per heavy atom. The van der Waals surface area contributed by atoms with Gasteiger partial charge in [0.25, 0.3) is 0 Å². The molecule has 0 bridgehead atoms. The van der Waals surface area contributed by atoms with Gasteiger partial charge in [0, 0.05) is 18.0 Å². The zero-order valence-electron chi connectivity index (χ0n) is 15.8. The van der Waals surface area contributed by atoms with Crippen molar-refractivity contribution in [2.75, 3.05) is 6.61 Å². The van der Waals surface area contributed by atoms with E-state index in [2.05, 4.69) is 4.98 Å². The Bertz CT molecular complexity index is 1040. The van der Waals surface area contributed by atoms with Gasteiger partial charge in [-0.1, -0.05) is 30.3 Å². The number of halogens is 3. The van der Waals surface area contributed by atoms with E-state index in [1.165, 1.54) is 18.3 Å². The van der Waals surface area contributed by atoms with Crippen LogP contribution in [0.1, 0.15) is 16.7 Å². The molecule has 0 saturated heterocycles. The molecule has 1 aromatic heterocycles. The molecule has 30 heavy (non-hydrogen) atoms. The summed E-state index contributed by atoms with van der Waals surface area (Å²) in [5.74, 6) is -0.320. The third-order valence-corrected chi connectivity index (χ3v) is 4.21. The van der Waals surface area contributed by atoms with Crippen molar-refractivity contribution in [3.8, 4) is 16.9 Å². The van der Waals surface area contributed by atoms with Gasteiger partial charge in [-0.25, -0.2) is 0 Å². The molecule has 0 aliphatic carbocycles. The lowest BCUT2D eigenvalue weighted by Crippen LogP contribution is -2.03. The summed E-state index contributed by atoms with van der Waals surface area (Å²) in [5, 5.41) is 8.92. The van der Waals surface area contributed by atoms with Gasteiger partial charge in [-0.2, -0.15) is 13.2 Å². The number of hydrogen-bond acceptors (Lipinski definition) is 3. The smallest absolute Gasteiger partial charge is 0.416 e. The molecule has 3 aromatic rings. The van der Waals surface area contributed by atoms with Crippen LogP contribution in [0.4, 0.5) is 13.2 Å². The lowest BCUT2D eigenvalue weighted by atomic mass is 10.0. The summed E-state index contributed by atoms with van der Waals surface area (Å²) in [6.45, 7) is 0.238. The molecule has 0 aliphatic heterocycles. The minimum atomic E-state index is -4.35. The minimum Gasteiger partial charge on any atom is -0.490 e. The van der Waals surface area contributed by atoms with Gasteiger partial charge in [-0.05, 0) is 53.1 Å². The van der Waals surface area contributed by atoms with Gasteiger partial charge in [0.2, 0.25) is 0 Å². The maximum atomic E-state index is 12.6. The molecule has 1 N–H and O–H groups in total. The lowest BCUT2D eigenvalue weighted by Gasteiger charge is -2.08. The van der Waals surface area contributed by atoms with E-state index in [1.54, 1.807) is 30.5 Å². The normalized spacial score (nSPS) is 11.6. The zero-order valence-corrected chi connectivity index (χ0v) is 15.8. The molecule has 0 unspecified atom stereocenters. The third-order valence-electron chi connectivity index (χ3n) is 4.21. The summed E-state index contributed by atoms with van der Waals surface area (Å²) in [6.07, 6.45) is 2.11. The van der Waals surface area contributed by atoms with Gasteiger partial charge in [-0.3, -0.25) is 9.78 Å². The van der Waals surface area contributed by atoms with Gasteiger partial charge in [0.1, 0.15) is 12.4 Å². The number of carbonyl (C=O) groups is 1. The maximum Gasteiger partial charge on any atom is 0.416 e. The number of carboxylic acid groups (broad SMARTS) is 1. The van der Waals surface area contributed by atoms with E-state index in [4.69, 9.17) is 9.84 Å². The second-order valence-corrected chi connectivity index (χ2v) is 6.51. The van der Waals surface area contributed by atoms with Crippen LogP contribution in [0.15, 0.2) is 73.1 Å². The van der Waals surface area contributed by atoms with E-state index in [0.717, 1.165) is 23.3 Å². The molecule has 2 aromatic carbocycles. The minimum absolute atomic E-state index is 0.105. The van der Waals surface area contributed by atoms with Crippen LogP contribution in [0.25, 0.3) is 17.2 Å². The Labute approximate surface area is 171 Å². The molecule has 7 heteroatoms. The largest absolute Gasteiger partial charge is 0.490 e. The summed E-state index contributed by atoms with van der Waals surface area (Å²) in [4.78, 5) is 15.0. The van der Waals surface area contributed by atoms with Gasteiger partial charge < -0.3 is 9.84 Å². The number of hydrogen-bond donors (Lipinski definition) is 1. The molecule has 1 heterocycles. The van der Waals surface area contributed by atoms with E-state index in [9.17, 15) is 18.0 Å². The molecule has 0 radical (unpaired) electrons. The van der Waals surface area contributed by atoms with Crippen molar-refractivity contribution in [3.63, 3.8) is 0 Å². The summed E-state index contributed by atoms with van der Waals surface area (Å²) >= 11 is 0. The maximum absolute atomic E-state index is 12.6. The van der Waals surface area contributed by atoms with E-state index >= 15 is 0 Å². The van der Waals surface area contributed by atoms with E-state index in [-0.39, 0.29) is 13.0 Å². The van der Waals surface area contributed by atoms with E-state index in [0.29, 0.717) is 16.9 Å². The number of pyridine rings is 1. The third kappa shape index (κ3) is 5.94. The van der Waals surface area contributed by atoms with Crippen LogP contribution < -0.4 is 4.74 Å². The van der Waals surface area contributed by atoms with Crippen LogP contribution in [0, 0.1) is 0 Å². The topological polar surface area (TPSA) is 59.4 Å².